The summed E-state index contributed by atoms with van der Waals surface area (Å²) in [5.74, 6) is -0.309. The topological polar surface area (TPSA) is 67.9 Å². The van der Waals surface area contributed by atoms with Gasteiger partial charge in [-0.3, -0.25) is 0 Å². The molecule has 1 aromatic carbocycles. The van der Waals surface area contributed by atoms with Crippen LogP contribution in [0.15, 0.2) is 24.3 Å². The summed E-state index contributed by atoms with van der Waals surface area (Å²) in [6.07, 6.45) is 1.40. The molecule has 0 atom stereocenters. The lowest BCUT2D eigenvalue weighted by Gasteiger charge is -2.40. The molecule has 6 heteroatoms. The number of hydrogen-bond acceptors (Lipinski definition) is 5. The van der Waals surface area contributed by atoms with Crippen LogP contribution < -0.4 is 5.32 Å². The maximum absolute atomic E-state index is 12.2. The van der Waals surface area contributed by atoms with Gasteiger partial charge in [-0.25, -0.2) is 9.59 Å². The summed E-state index contributed by atoms with van der Waals surface area (Å²) in [6, 6.07) is 7.30. The zero-order valence-corrected chi connectivity index (χ0v) is 16.4. The van der Waals surface area contributed by atoms with Gasteiger partial charge in [0.25, 0.3) is 0 Å². The Balaban J connectivity index is 1.91. The van der Waals surface area contributed by atoms with Crippen molar-refractivity contribution in [3.05, 3.63) is 29.8 Å². The van der Waals surface area contributed by atoms with Gasteiger partial charge in [-0.15, -0.1) is 0 Å². The number of amides is 1. The molecule has 144 valence electrons. The molecule has 0 bridgehead atoms. The lowest BCUT2D eigenvalue weighted by atomic mass is 9.89. The van der Waals surface area contributed by atoms with Gasteiger partial charge in [-0.05, 0) is 71.7 Å². The first-order chi connectivity index (χ1) is 12.1. The molecule has 0 unspecified atom stereocenters. The molecule has 26 heavy (non-hydrogen) atoms. The maximum atomic E-state index is 12.2. The van der Waals surface area contributed by atoms with Crippen LogP contribution in [0.25, 0.3) is 0 Å². The van der Waals surface area contributed by atoms with E-state index in [1.807, 2.05) is 32.9 Å². The highest BCUT2D eigenvalue weighted by atomic mass is 16.6. The van der Waals surface area contributed by atoms with Crippen LogP contribution in [-0.2, 0) is 9.47 Å². The second-order valence-electron chi connectivity index (χ2n) is 7.95. The van der Waals surface area contributed by atoms with Gasteiger partial charge in [0, 0.05) is 24.3 Å². The van der Waals surface area contributed by atoms with Crippen LogP contribution in [0.2, 0.25) is 0 Å². The monoisotopic (exact) mass is 362 g/mol. The van der Waals surface area contributed by atoms with E-state index >= 15 is 0 Å². The first kappa shape index (κ1) is 20.1. The third-order valence-corrected chi connectivity index (χ3v) is 4.36. The number of likely N-dealkylation sites (tertiary alicyclic amines) is 1. The van der Waals surface area contributed by atoms with Gasteiger partial charge < -0.3 is 19.7 Å². The minimum atomic E-state index is -0.475. The number of hydrogen-bond donors (Lipinski definition) is 1. The quantitative estimate of drug-likeness (QED) is 0.818. The van der Waals surface area contributed by atoms with Gasteiger partial charge in [0.15, 0.2) is 0 Å². The van der Waals surface area contributed by atoms with Crippen LogP contribution in [0.3, 0.4) is 0 Å². The Morgan fingerprint density at radius 3 is 2.23 bits per heavy atom. The second kappa shape index (κ2) is 7.98. The highest BCUT2D eigenvalue weighted by Gasteiger charge is 2.33. The van der Waals surface area contributed by atoms with E-state index in [9.17, 15) is 9.59 Å². The molecule has 1 N–H and O–H groups in total. The van der Waals surface area contributed by atoms with Crippen molar-refractivity contribution in [2.75, 3.05) is 25.0 Å². The highest BCUT2D eigenvalue weighted by molar-refractivity contribution is 5.89. The SMILES string of the molecule is CCOC(=O)c1ccc(NC2(C)CCN(C(=O)OC(C)(C)C)CC2)cc1. The normalized spacial score (nSPS) is 16.7. The van der Waals surface area contributed by atoms with Crippen molar-refractivity contribution in [3.63, 3.8) is 0 Å². The number of carbonyl (C=O) groups is 2. The van der Waals surface area contributed by atoms with E-state index < -0.39 is 5.60 Å². The Morgan fingerprint density at radius 2 is 1.73 bits per heavy atom. The summed E-state index contributed by atoms with van der Waals surface area (Å²) >= 11 is 0. The Kier molecular flexibility index (Phi) is 6.16. The number of benzene rings is 1. The lowest BCUT2D eigenvalue weighted by Crippen LogP contribution is -2.50. The number of anilines is 1. The zero-order chi connectivity index (χ0) is 19.4. The molecule has 0 saturated carbocycles. The fraction of sp³-hybridized carbons (Fsp3) is 0.600. The van der Waals surface area contributed by atoms with Crippen LogP contribution >= 0.6 is 0 Å². The number of ether oxygens (including phenoxy) is 2. The van der Waals surface area contributed by atoms with Crippen molar-refractivity contribution in [1.82, 2.24) is 4.90 Å². The fourth-order valence-corrected chi connectivity index (χ4v) is 2.89. The Bertz CT molecular complexity index is 626. The Morgan fingerprint density at radius 1 is 1.15 bits per heavy atom. The highest BCUT2D eigenvalue weighted by Crippen LogP contribution is 2.27. The van der Waals surface area contributed by atoms with E-state index in [2.05, 4.69) is 12.2 Å². The van der Waals surface area contributed by atoms with Crippen LogP contribution in [0.4, 0.5) is 10.5 Å². The Labute approximate surface area is 155 Å². The third-order valence-electron chi connectivity index (χ3n) is 4.36. The fourth-order valence-electron chi connectivity index (χ4n) is 2.89. The second-order valence-corrected chi connectivity index (χ2v) is 7.95. The summed E-state index contributed by atoms with van der Waals surface area (Å²) in [5.41, 5.74) is 0.911. The number of esters is 1. The zero-order valence-electron chi connectivity index (χ0n) is 16.4. The molecule has 0 aromatic heterocycles. The molecule has 0 aliphatic carbocycles. The summed E-state index contributed by atoms with van der Waals surface area (Å²) < 4.78 is 10.4. The largest absolute Gasteiger partial charge is 0.462 e. The van der Waals surface area contributed by atoms with Gasteiger partial charge in [0.1, 0.15) is 5.60 Å². The molecule has 1 amide bonds. The molecule has 0 radical (unpaired) electrons. The van der Waals surface area contributed by atoms with Crippen molar-refractivity contribution in [2.45, 2.75) is 58.6 Å². The van der Waals surface area contributed by atoms with E-state index in [0.717, 1.165) is 18.5 Å². The van der Waals surface area contributed by atoms with Crippen molar-refractivity contribution in [2.24, 2.45) is 0 Å². The average molecular weight is 362 g/mol. The molecule has 1 aliphatic heterocycles. The molecule has 0 spiro atoms. The van der Waals surface area contributed by atoms with Gasteiger partial charge in [-0.2, -0.15) is 0 Å². The van der Waals surface area contributed by atoms with Gasteiger partial charge >= 0.3 is 12.1 Å². The molecule has 1 heterocycles. The molecule has 2 rings (SSSR count). The first-order valence-electron chi connectivity index (χ1n) is 9.15. The van der Waals surface area contributed by atoms with E-state index in [-0.39, 0.29) is 17.6 Å². The maximum Gasteiger partial charge on any atom is 0.410 e. The summed E-state index contributed by atoms with van der Waals surface area (Å²) in [4.78, 5) is 25.7. The number of rotatable bonds is 4. The summed E-state index contributed by atoms with van der Waals surface area (Å²) in [7, 11) is 0. The predicted molar refractivity (Wildman–Crippen MR) is 101 cm³/mol. The predicted octanol–water partition coefficient (Wildman–Crippen LogP) is 4.06. The lowest BCUT2D eigenvalue weighted by molar-refractivity contribution is 0.0184. The molecule has 1 aromatic rings. The van der Waals surface area contributed by atoms with Crippen molar-refractivity contribution in [3.8, 4) is 0 Å². The van der Waals surface area contributed by atoms with Gasteiger partial charge in [0.05, 0.1) is 12.2 Å². The van der Waals surface area contributed by atoms with E-state index in [1.165, 1.54) is 0 Å². The third kappa shape index (κ3) is 5.64. The number of carbonyl (C=O) groups excluding carboxylic acids is 2. The van der Waals surface area contributed by atoms with Crippen LogP contribution in [-0.4, -0.2) is 47.8 Å². The van der Waals surface area contributed by atoms with Crippen LogP contribution in [0, 0.1) is 0 Å². The minimum Gasteiger partial charge on any atom is -0.462 e. The van der Waals surface area contributed by atoms with Crippen LogP contribution in [0.1, 0.15) is 57.8 Å². The minimum absolute atomic E-state index is 0.107. The molecule has 1 fully saturated rings. The molecular weight excluding hydrogens is 332 g/mol. The average Bonchev–Trinajstić information content (AvgIpc) is 2.54. The van der Waals surface area contributed by atoms with Gasteiger partial charge in [-0.1, -0.05) is 0 Å². The van der Waals surface area contributed by atoms with Crippen molar-refractivity contribution in [1.29, 1.82) is 0 Å². The molecule has 1 saturated heterocycles. The summed E-state index contributed by atoms with van der Waals surface area (Å²) in [5, 5.41) is 3.53. The smallest absolute Gasteiger partial charge is 0.410 e. The van der Waals surface area contributed by atoms with Crippen molar-refractivity contribution < 1.29 is 19.1 Å². The number of nitrogens with zero attached hydrogens (tertiary/aromatic N) is 1. The van der Waals surface area contributed by atoms with E-state index in [0.29, 0.717) is 25.3 Å². The van der Waals surface area contributed by atoms with E-state index in [1.54, 1.807) is 24.0 Å². The summed E-state index contributed by atoms with van der Waals surface area (Å²) in [6.45, 7) is 11.2. The van der Waals surface area contributed by atoms with Crippen LogP contribution in [0.5, 0.6) is 0 Å². The molecular formula is C20H30N2O4. The number of nitrogens with one attached hydrogen (secondary N) is 1. The van der Waals surface area contributed by atoms with Gasteiger partial charge in [0.2, 0.25) is 0 Å². The standard InChI is InChI=1S/C20H30N2O4/c1-6-25-17(23)15-7-9-16(10-8-15)21-20(5)11-13-22(14-12-20)18(24)26-19(2,3)4/h7-10,21H,6,11-14H2,1-5H3. The van der Waals surface area contributed by atoms with E-state index in [4.69, 9.17) is 9.47 Å². The Hall–Kier alpha value is -2.24. The number of piperidine rings is 1. The van der Waals surface area contributed by atoms with Crippen molar-refractivity contribution >= 4 is 17.7 Å². The molecule has 6 nitrogen and oxygen atoms in total. The first-order valence-corrected chi connectivity index (χ1v) is 9.15. The molecule has 1 aliphatic rings.